The van der Waals surface area contributed by atoms with Gasteiger partial charge in [-0.25, -0.2) is 0 Å². The molecular formula is C14H21Cl2N. The Morgan fingerprint density at radius 1 is 1.18 bits per heavy atom. The van der Waals surface area contributed by atoms with E-state index in [1.54, 1.807) is 0 Å². The summed E-state index contributed by atoms with van der Waals surface area (Å²) < 4.78 is 0. The van der Waals surface area contributed by atoms with Gasteiger partial charge in [-0.15, -0.1) is 0 Å². The van der Waals surface area contributed by atoms with E-state index in [2.05, 4.69) is 26.1 Å². The van der Waals surface area contributed by atoms with E-state index in [0.717, 1.165) is 24.5 Å². The highest BCUT2D eigenvalue weighted by Gasteiger charge is 2.22. The van der Waals surface area contributed by atoms with E-state index < -0.39 is 0 Å². The number of benzene rings is 1. The second-order valence-corrected chi connectivity index (χ2v) is 5.85. The maximum Gasteiger partial charge on any atom is 0.0458 e. The summed E-state index contributed by atoms with van der Waals surface area (Å²) in [6.45, 7) is 8.70. The van der Waals surface area contributed by atoms with Crippen LogP contribution in [-0.4, -0.2) is 13.1 Å². The van der Waals surface area contributed by atoms with Crippen LogP contribution in [-0.2, 0) is 5.41 Å². The summed E-state index contributed by atoms with van der Waals surface area (Å²) in [5.74, 6) is 0. The SMILES string of the molecule is CCCNCCC(C)(C)c1ccc(Cl)cc1Cl. The quantitative estimate of drug-likeness (QED) is 0.744. The van der Waals surface area contributed by atoms with Crippen molar-refractivity contribution in [2.75, 3.05) is 13.1 Å². The predicted octanol–water partition coefficient (Wildman–Crippen LogP) is 4.66. The van der Waals surface area contributed by atoms with Crippen molar-refractivity contribution in [1.29, 1.82) is 0 Å². The number of halogens is 2. The first kappa shape index (κ1) is 14.8. The molecule has 1 rings (SSSR count). The van der Waals surface area contributed by atoms with Crippen LogP contribution in [0.15, 0.2) is 18.2 Å². The minimum atomic E-state index is 0.0718. The zero-order valence-corrected chi connectivity index (χ0v) is 12.3. The van der Waals surface area contributed by atoms with E-state index in [9.17, 15) is 0 Å². The second-order valence-electron chi connectivity index (χ2n) is 5.01. The van der Waals surface area contributed by atoms with Crippen molar-refractivity contribution in [3.8, 4) is 0 Å². The Bertz CT molecular complexity index is 361. The van der Waals surface area contributed by atoms with Gasteiger partial charge in [0.25, 0.3) is 0 Å². The Labute approximate surface area is 115 Å². The molecule has 0 aromatic heterocycles. The maximum absolute atomic E-state index is 6.25. The van der Waals surface area contributed by atoms with E-state index in [0.29, 0.717) is 5.02 Å². The summed E-state index contributed by atoms with van der Waals surface area (Å²) in [5, 5.41) is 4.88. The minimum absolute atomic E-state index is 0.0718. The van der Waals surface area contributed by atoms with Gasteiger partial charge in [-0.05, 0) is 49.0 Å². The topological polar surface area (TPSA) is 12.0 Å². The number of hydrogen-bond donors (Lipinski definition) is 1. The fourth-order valence-corrected chi connectivity index (χ4v) is 2.54. The van der Waals surface area contributed by atoms with Gasteiger partial charge in [-0.2, -0.15) is 0 Å². The summed E-state index contributed by atoms with van der Waals surface area (Å²) >= 11 is 12.2. The third-order valence-corrected chi connectivity index (χ3v) is 3.56. The lowest BCUT2D eigenvalue weighted by Gasteiger charge is -2.26. The molecule has 0 radical (unpaired) electrons. The highest BCUT2D eigenvalue weighted by molar-refractivity contribution is 6.35. The van der Waals surface area contributed by atoms with Crippen LogP contribution in [0.5, 0.6) is 0 Å². The lowest BCUT2D eigenvalue weighted by atomic mass is 9.81. The average molecular weight is 274 g/mol. The maximum atomic E-state index is 6.25. The van der Waals surface area contributed by atoms with Crippen molar-refractivity contribution in [3.63, 3.8) is 0 Å². The molecule has 0 aliphatic carbocycles. The molecule has 1 N–H and O–H groups in total. The van der Waals surface area contributed by atoms with Crippen molar-refractivity contribution in [2.45, 2.75) is 39.0 Å². The van der Waals surface area contributed by atoms with Crippen molar-refractivity contribution >= 4 is 23.2 Å². The predicted molar refractivity (Wildman–Crippen MR) is 77.3 cm³/mol. The van der Waals surface area contributed by atoms with Crippen LogP contribution in [0.4, 0.5) is 0 Å². The van der Waals surface area contributed by atoms with Crippen molar-refractivity contribution in [1.82, 2.24) is 5.32 Å². The van der Waals surface area contributed by atoms with Gasteiger partial charge in [0.2, 0.25) is 0 Å². The van der Waals surface area contributed by atoms with Crippen LogP contribution in [0.25, 0.3) is 0 Å². The molecule has 0 spiro atoms. The standard InChI is InChI=1S/C14H21Cl2N/c1-4-8-17-9-7-14(2,3)12-6-5-11(15)10-13(12)16/h5-6,10,17H,4,7-9H2,1-3H3. The fourth-order valence-electron chi connectivity index (χ4n) is 1.88. The van der Waals surface area contributed by atoms with Gasteiger partial charge in [0.05, 0.1) is 0 Å². The van der Waals surface area contributed by atoms with Crippen molar-refractivity contribution < 1.29 is 0 Å². The highest BCUT2D eigenvalue weighted by Crippen LogP contribution is 2.33. The minimum Gasteiger partial charge on any atom is -0.317 e. The van der Waals surface area contributed by atoms with Crippen LogP contribution in [0.1, 0.15) is 39.2 Å². The van der Waals surface area contributed by atoms with E-state index in [1.165, 1.54) is 12.0 Å². The third kappa shape index (κ3) is 4.50. The Balaban J connectivity index is 2.68. The first-order chi connectivity index (χ1) is 7.97. The van der Waals surface area contributed by atoms with Crippen molar-refractivity contribution in [3.05, 3.63) is 33.8 Å². The first-order valence-corrected chi connectivity index (χ1v) is 6.89. The third-order valence-electron chi connectivity index (χ3n) is 3.01. The molecule has 0 bridgehead atoms. The summed E-state index contributed by atoms with van der Waals surface area (Å²) in [4.78, 5) is 0. The molecular weight excluding hydrogens is 253 g/mol. The van der Waals surface area contributed by atoms with Crippen LogP contribution in [0, 0.1) is 0 Å². The molecule has 0 fully saturated rings. The second kappa shape index (κ2) is 6.63. The van der Waals surface area contributed by atoms with E-state index >= 15 is 0 Å². The number of nitrogens with one attached hydrogen (secondary N) is 1. The number of rotatable bonds is 6. The van der Waals surface area contributed by atoms with Gasteiger partial charge in [-0.3, -0.25) is 0 Å². The van der Waals surface area contributed by atoms with Gasteiger partial charge in [-0.1, -0.05) is 50.0 Å². The number of hydrogen-bond acceptors (Lipinski definition) is 1. The van der Waals surface area contributed by atoms with Crippen molar-refractivity contribution in [2.24, 2.45) is 0 Å². The molecule has 17 heavy (non-hydrogen) atoms. The van der Waals surface area contributed by atoms with Crippen LogP contribution >= 0.6 is 23.2 Å². The zero-order valence-electron chi connectivity index (χ0n) is 10.8. The fraction of sp³-hybridized carbons (Fsp3) is 0.571. The highest BCUT2D eigenvalue weighted by atomic mass is 35.5. The Hall–Kier alpha value is -0.240. The Kier molecular flexibility index (Phi) is 5.78. The normalized spacial score (nSPS) is 11.8. The Morgan fingerprint density at radius 2 is 1.88 bits per heavy atom. The summed E-state index contributed by atoms with van der Waals surface area (Å²) in [6, 6.07) is 5.76. The van der Waals surface area contributed by atoms with Crippen LogP contribution in [0.3, 0.4) is 0 Å². The molecule has 3 heteroatoms. The van der Waals surface area contributed by atoms with Gasteiger partial charge in [0, 0.05) is 10.0 Å². The van der Waals surface area contributed by atoms with Gasteiger partial charge < -0.3 is 5.32 Å². The lowest BCUT2D eigenvalue weighted by Crippen LogP contribution is -2.26. The van der Waals surface area contributed by atoms with E-state index in [1.807, 2.05) is 18.2 Å². The largest absolute Gasteiger partial charge is 0.317 e. The molecule has 0 saturated heterocycles. The van der Waals surface area contributed by atoms with Gasteiger partial charge in [0.15, 0.2) is 0 Å². The lowest BCUT2D eigenvalue weighted by molar-refractivity contribution is 0.457. The molecule has 1 nitrogen and oxygen atoms in total. The molecule has 1 aromatic rings. The first-order valence-electron chi connectivity index (χ1n) is 6.13. The van der Waals surface area contributed by atoms with E-state index in [4.69, 9.17) is 23.2 Å². The molecule has 0 aliphatic heterocycles. The zero-order chi connectivity index (χ0) is 12.9. The molecule has 0 amide bonds. The van der Waals surface area contributed by atoms with Crippen LogP contribution < -0.4 is 5.32 Å². The summed E-state index contributed by atoms with van der Waals surface area (Å²) in [5.41, 5.74) is 1.24. The molecule has 0 heterocycles. The van der Waals surface area contributed by atoms with Gasteiger partial charge >= 0.3 is 0 Å². The molecule has 1 aromatic carbocycles. The van der Waals surface area contributed by atoms with E-state index in [-0.39, 0.29) is 5.41 Å². The molecule has 96 valence electrons. The average Bonchev–Trinajstić information content (AvgIpc) is 2.24. The molecule has 0 aliphatic rings. The van der Waals surface area contributed by atoms with Gasteiger partial charge in [0.1, 0.15) is 0 Å². The summed E-state index contributed by atoms with van der Waals surface area (Å²) in [6.07, 6.45) is 2.23. The molecule has 0 atom stereocenters. The van der Waals surface area contributed by atoms with Crippen LogP contribution in [0.2, 0.25) is 10.0 Å². The Morgan fingerprint density at radius 3 is 2.47 bits per heavy atom. The molecule has 0 unspecified atom stereocenters. The summed E-state index contributed by atoms with van der Waals surface area (Å²) in [7, 11) is 0. The molecule has 0 saturated carbocycles. The smallest absolute Gasteiger partial charge is 0.0458 e. The monoisotopic (exact) mass is 273 g/mol.